The molecule has 0 atom stereocenters. The maximum atomic E-state index is 11.9. The van der Waals surface area contributed by atoms with Crippen LogP contribution in [-0.2, 0) is 6.54 Å². The van der Waals surface area contributed by atoms with Gasteiger partial charge < -0.3 is 15.5 Å². The normalized spacial score (nSPS) is 9.47. The Labute approximate surface area is 115 Å². The molecule has 2 N–H and O–H groups in total. The van der Waals surface area contributed by atoms with Crippen LogP contribution in [0.4, 0.5) is 4.79 Å². The Morgan fingerprint density at radius 3 is 2.37 bits per heavy atom. The number of hydrogen-bond donors (Lipinski definition) is 1. The van der Waals surface area contributed by atoms with Crippen molar-refractivity contribution in [1.29, 1.82) is 0 Å². The molecular formula is C15H21N3O. The molecule has 0 aliphatic rings. The molecule has 2 amide bonds. The van der Waals surface area contributed by atoms with Crippen LogP contribution < -0.4 is 5.73 Å². The Morgan fingerprint density at radius 2 is 1.84 bits per heavy atom. The van der Waals surface area contributed by atoms with Gasteiger partial charge in [-0.2, -0.15) is 0 Å². The van der Waals surface area contributed by atoms with E-state index in [-0.39, 0.29) is 6.03 Å². The van der Waals surface area contributed by atoms with Gasteiger partial charge in [-0.25, -0.2) is 4.79 Å². The summed E-state index contributed by atoms with van der Waals surface area (Å²) in [5, 5.41) is 0. The molecule has 0 spiro atoms. The minimum absolute atomic E-state index is 0.0227. The zero-order valence-electron chi connectivity index (χ0n) is 11.8. The third-order valence-corrected chi connectivity index (χ3v) is 2.84. The molecule has 0 aliphatic carbocycles. The van der Waals surface area contributed by atoms with Crippen molar-refractivity contribution < 1.29 is 4.79 Å². The van der Waals surface area contributed by atoms with E-state index in [4.69, 9.17) is 5.73 Å². The van der Waals surface area contributed by atoms with Crippen LogP contribution in [0.1, 0.15) is 18.1 Å². The van der Waals surface area contributed by atoms with E-state index in [1.807, 2.05) is 31.2 Å². The van der Waals surface area contributed by atoms with Gasteiger partial charge in [0.2, 0.25) is 0 Å². The van der Waals surface area contributed by atoms with Crippen molar-refractivity contribution in [2.45, 2.75) is 13.5 Å². The molecule has 1 rings (SSSR count). The van der Waals surface area contributed by atoms with Crippen LogP contribution >= 0.6 is 0 Å². The van der Waals surface area contributed by atoms with E-state index < -0.39 is 0 Å². The molecule has 0 unspecified atom stereocenters. The molecule has 0 heterocycles. The topological polar surface area (TPSA) is 49.6 Å². The first-order valence-electron chi connectivity index (χ1n) is 6.32. The van der Waals surface area contributed by atoms with E-state index in [1.165, 1.54) is 0 Å². The van der Waals surface area contributed by atoms with Gasteiger partial charge in [0.1, 0.15) is 0 Å². The van der Waals surface area contributed by atoms with E-state index in [2.05, 4.69) is 11.8 Å². The Kier molecular flexibility index (Phi) is 5.91. The molecule has 4 heteroatoms. The Hall–Kier alpha value is -1.99. The molecule has 0 fully saturated rings. The number of hydrogen-bond acceptors (Lipinski definition) is 2. The highest BCUT2D eigenvalue weighted by molar-refractivity contribution is 5.73. The highest BCUT2D eigenvalue weighted by Gasteiger charge is 2.12. The van der Waals surface area contributed by atoms with Gasteiger partial charge in [0, 0.05) is 32.7 Å². The van der Waals surface area contributed by atoms with Crippen LogP contribution in [0.5, 0.6) is 0 Å². The van der Waals surface area contributed by atoms with E-state index in [9.17, 15) is 4.79 Å². The second-order valence-corrected chi connectivity index (χ2v) is 4.36. The molecule has 4 nitrogen and oxygen atoms in total. The predicted octanol–water partition coefficient (Wildman–Crippen LogP) is 1.50. The van der Waals surface area contributed by atoms with Gasteiger partial charge in [-0.1, -0.05) is 24.0 Å². The molecule has 0 bridgehead atoms. The zero-order valence-corrected chi connectivity index (χ0v) is 11.8. The van der Waals surface area contributed by atoms with Gasteiger partial charge in [-0.3, -0.25) is 0 Å². The van der Waals surface area contributed by atoms with Crippen LogP contribution in [0.2, 0.25) is 0 Å². The van der Waals surface area contributed by atoms with Crippen LogP contribution in [0.15, 0.2) is 24.3 Å². The molecule has 0 saturated heterocycles. The summed E-state index contributed by atoms with van der Waals surface area (Å²) in [6.45, 7) is 3.61. The van der Waals surface area contributed by atoms with Gasteiger partial charge >= 0.3 is 6.03 Å². The van der Waals surface area contributed by atoms with E-state index in [0.717, 1.165) is 11.1 Å². The molecule has 0 aromatic heterocycles. The maximum absolute atomic E-state index is 11.9. The largest absolute Gasteiger partial charge is 0.328 e. The average Bonchev–Trinajstić information content (AvgIpc) is 2.44. The van der Waals surface area contributed by atoms with E-state index >= 15 is 0 Å². The zero-order chi connectivity index (χ0) is 14.3. The van der Waals surface area contributed by atoms with Gasteiger partial charge in [0.05, 0.1) is 6.54 Å². The molecular weight excluding hydrogens is 238 g/mol. The van der Waals surface area contributed by atoms with Crippen molar-refractivity contribution in [2.75, 3.05) is 27.2 Å². The number of amides is 2. The average molecular weight is 259 g/mol. The summed E-state index contributed by atoms with van der Waals surface area (Å²) >= 11 is 0. The van der Waals surface area contributed by atoms with Crippen molar-refractivity contribution in [3.05, 3.63) is 35.4 Å². The molecule has 1 aromatic carbocycles. The summed E-state index contributed by atoms with van der Waals surface area (Å²) in [6.07, 6.45) is 0. The number of rotatable bonds is 3. The molecule has 1 aromatic rings. The van der Waals surface area contributed by atoms with Crippen LogP contribution in [0, 0.1) is 11.8 Å². The number of carbonyl (C=O) groups is 1. The van der Waals surface area contributed by atoms with Crippen LogP contribution in [0.3, 0.4) is 0 Å². The summed E-state index contributed by atoms with van der Waals surface area (Å²) in [5.74, 6) is 5.78. The number of benzene rings is 1. The number of nitrogens with two attached hydrogens (primary N) is 1. The minimum atomic E-state index is 0.0227. The standard InChI is InChI=1S/C15H21N3O/c1-4-17(2)15(19)18(3)12-14-9-7-13(8-10-14)6-5-11-16/h7-10H,4,11-12,16H2,1-3H3. The lowest BCUT2D eigenvalue weighted by atomic mass is 10.1. The summed E-state index contributed by atoms with van der Waals surface area (Å²) in [5.41, 5.74) is 7.35. The van der Waals surface area contributed by atoms with Gasteiger partial charge in [-0.05, 0) is 24.6 Å². The third-order valence-electron chi connectivity index (χ3n) is 2.84. The Balaban J connectivity index is 2.65. The fraction of sp³-hybridized carbons (Fsp3) is 0.400. The van der Waals surface area contributed by atoms with Crippen molar-refractivity contribution >= 4 is 6.03 Å². The number of urea groups is 1. The number of nitrogens with zero attached hydrogens (tertiary/aromatic N) is 2. The van der Waals surface area contributed by atoms with Crippen LogP contribution in [-0.4, -0.2) is 43.0 Å². The van der Waals surface area contributed by atoms with Crippen molar-refractivity contribution in [1.82, 2.24) is 9.80 Å². The third kappa shape index (κ3) is 4.65. The maximum Gasteiger partial charge on any atom is 0.319 e. The first kappa shape index (κ1) is 15.1. The lowest BCUT2D eigenvalue weighted by molar-refractivity contribution is 0.173. The van der Waals surface area contributed by atoms with E-state index in [1.54, 1.807) is 23.9 Å². The van der Waals surface area contributed by atoms with Crippen molar-refractivity contribution in [3.8, 4) is 11.8 Å². The highest BCUT2D eigenvalue weighted by Crippen LogP contribution is 2.07. The fourth-order valence-corrected chi connectivity index (χ4v) is 1.61. The Bertz CT molecular complexity index is 470. The first-order chi connectivity index (χ1) is 9.08. The lowest BCUT2D eigenvalue weighted by Crippen LogP contribution is -2.38. The highest BCUT2D eigenvalue weighted by atomic mass is 16.2. The molecule has 0 aliphatic heterocycles. The monoisotopic (exact) mass is 259 g/mol. The van der Waals surface area contributed by atoms with Crippen LogP contribution in [0.25, 0.3) is 0 Å². The van der Waals surface area contributed by atoms with Gasteiger partial charge in [-0.15, -0.1) is 0 Å². The fourth-order valence-electron chi connectivity index (χ4n) is 1.61. The SMILES string of the molecule is CCN(C)C(=O)N(C)Cc1ccc(C#CCN)cc1. The lowest BCUT2D eigenvalue weighted by Gasteiger charge is -2.23. The van der Waals surface area contributed by atoms with Gasteiger partial charge in [0.15, 0.2) is 0 Å². The first-order valence-corrected chi connectivity index (χ1v) is 6.32. The molecule has 0 saturated carbocycles. The smallest absolute Gasteiger partial charge is 0.319 e. The van der Waals surface area contributed by atoms with Gasteiger partial charge in [0.25, 0.3) is 0 Å². The summed E-state index contributed by atoms with van der Waals surface area (Å²) in [7, 11) is 3.60. The number of carbonyl (C=O) groups excluding carboxylic acids is 1. The summed E-state index contributed by atoms with van der Waals surface area (Å²) < 4.78 is 0. The molecule has 0 radical (unpaired) electrons. The van der Waals surface area contributed by atoms with Crippen molar-refractivity contribution in [2.24, 2.45) is 5.73 Å². The summed E-state index contributed by atoms with van der Waals surface area (Å²) in [6, 6.07) is 7.88. The second-order valence-electron chi connectivity index (χ2n) is 4.36. The van der Waals surface area contributed by atoms with Crippen molar-refractivity contribution in [3.63, 3.8) is 0 Å². The second kappa shape index (κ2) is 7.45. The van der Waals surface area contributed by atoms with E-state index in [0.29, 0.717) is 19.6 Å². The molecule has 102 valence electrons. The Morgan fingerprint density at radius 1 is 1.21 bits per heavy atom. The minimum Gasteiger partial charge on any atom is -0.328 e. The quantitative estimate of drug-likeness (QED) is 0.836. The summed E-state index contributed by atoms with van der Waals surface area (Å²) in [4.78, 5) is 15.3. The predicted molar refractivity (Wildman–Crippen MR) is 77.5 cm³/mol. The molecule has 19 heavy (non-hydrogen) atoms.